The van der Waals surface area contributed by atoms with E-state index in [1.165, 1.54) is 6.42 Å². The molecular weight excluding hydrogens is 356 g/mol. The third kappa shape index (κ3) is 1.99. The zero-order chi connectivity index (χ0) is 18.9. The number of fused-ring (bicyclic) bond motifs is 11. The van der Waals surface area contributed by atoms with E-state index in [9.17, 15) is 0 Å². The van der Waals surface area contributed by atoms with Crippen molar-refractivity contribution in [3.63, 3.8) is 0 Å². The van der Waals surface area contributed by atoms with Crippen molar-refractivity contribution in [2.24, 2.45) is 33.9 Å². The summed E-state index contributed by atoms with van der Waals surface area (Å²) in [6, 6.07) is 21.2. The molecule has 140 valence electrons. The molecule has 0 N–H and O–H groups in total. The predicted molar refractivity (Wildman–Crippen MR) is 112 cm³/mol. The van der Waals surface area contributed by atoms with Gasteiger partial charge in [-0.2, -0.15) is 10.2 Å². The topological polar surface area (TPSA) is 50.5 Å². The van der Waals surface area contributed by atoms with E-state index < -0.39 is 0 Å². The van der Waals surface area contributed by atoms with Gasteiger partial charge in [-0.3, -0.25) is 9.97 Å². The van der Waals surface area contributed by atoms with Crippen LogP contribution in [0, 0.1) is 23.7 Å². The summed E-state index contributed by atoms with van der Waals surface area (Å²) in [5.41, 5.74) is 7.22. The highest BCUT2D eigenvalue weighted by atomic mass is 15.2. The first-order valence-electron chi connectivity index (χ1n) is 10.5. The highest BCUT2D eigenvalue weighted by molar-refractivity contribution is 6.11. The van der Waals surface area contributed by atoms with Crippen molar-refractivity contribution < 1.29 is 0 Å². The number of aromatic nitrogens is 2. The molecule has 1 aliphatic heterocycles. The van der Waals surface area contributed by atoms with Crippen LogP contribution in [0.4, 0.5) is 0 Å². The molecule has 29 heavy (non-hydrogen) atoms. The fourth-order valence-electron chi connectivity index (χ4n) is 6.74. The van der Waals surface area contributed by atoms with E-state index in [0.717, 1.165) is 22.8 Å². The first kappa shape index (κ1) is 15.7. The molecule has 2 fully saturated rings. The smallest absolute Gasteiger partial charge is 0.0927 e. The molecule has 4 heteroatoms. The summed E-state index contributed by atoms with van der Waals surface area (Å²) in [6.45, 7) is 0. The van der Waals surface area contributed by atoms with Gasteiger partial charge < -0.3 is 0 Å². The molecule has 2 bridgehead atoms. The number of hydrogen-bond donors (Lipinski definition) is 0. The maximum atomic E-state index is 4.76. The Morgan fingerprint density at radius 3 is 1.48 bits per heavy atom. The zero-order valence-corrected chi connectivity index (χ0v) is 15.9. The van der Waals surface area contributed by atoms with Crippen LogP contribution in [-0.4, -0.2) is 21.4 Å². The van der Waals surface area contributed by atoms with Gasteiger partial charge in [-0.15, -0.1) is 0 Å². The molecule has 1 aromatic carbocycles. The Labute approximate surface area is 169 Å². The summed E-state index contributed by atoms with van der Waals surface area (Å²) in [5.74, 6) is 3.29. The van der Waals surface area contributed by atoms with Crippen LogP contribution in [-0.2, 0) is 0 Å². The zero-order valence-electron chi connectivity index (χ0n) is 15.9. The minimum Gasteiger partial charge on any atom is -0.255 e. The number of hydrogen-bond acceptors (Lipinski definition) is 4. The highest BCUT2D eigenvalue weighted by Crippen LogP contribution is 2.72. The van der Waals surface area contributed by atoms with Crippen molar-refractivity contribution in [1.29, 1.82) is 0 Å². The van der Waals surface area contributed by atoms with Crippen LogP contribution in [0.5, 0.6) is 0 Å². The van der Waals surface area contributed by atoms with Gasteiger partial charge in [0.1, 0.15) is 0 Å². The second-order valence-electron chi connectivity index (χ2n) is 8.70. The van der Waals surface area contributed by atoms with E-state index in [4.69, 9.17) is 10.2 Å². The molecule has 6 atom stereocenters. The van der Waals surface area contributed by atoms with Crippen molar-refractivity contribution >= 4 is 11.4 Å². The van der Waals surface area contributed by atoms with Gasteiger partial charge in [0.2, 0.25) is 0 Å². The maximum Gasteiger partial charge on any atom is 0.0927 e. The molecular formula is C25H20N4. The van der Waals surface area contributed by atoms with E-state index in [0.29, 0.717) is 35.5 Å². The summed E-state index contributed by atoms with van der Waals surface area (Å²) >= 11 is 0. The van der Waals surface area contributed by atoms with E-state index in [1.54, 1.807) is 11.1 Å². The molecule has 2 aromatic heterocycles. The lowest BCUT2D eigenvalue weighted by Crippen LogP contribution is -2.46. The SMILES string of the molecule is c1ccc(C2=NN=C(c3ccccn3)C3C4CC(C23)C2c3ccccc3C42)nc1. The minimum absolute atomic E-state index is 0.374. The molecule has 6 unspecified atom stereocenters. The number of pyridine rings is 2. The Morgan fingerprint density at radius 1 is 0.552 bits per heavy atom. The summed E-state index contributed by atoms with van der Waals surface area (Å²) < 4.78 is 0. The maximum absolute atomic E-state index is 4.76. The van der Waals surface area contributed by atoms with Gasteiger partial charge in [0.25, 0.3) is 0 Å². The average Bonchev–Trinajstić information content (AvgIpc) is 3.31. The standard InChI is InChI=1S/C25H20N4/c1-2-8-15-14(7-1)20-16-13-17(21(15)20)23-22(16)24(18-9-3-5-11-26-18)28-29-25(23)19-10-4-6-12-27-19/h1-12,16-17,20-23H,13H2. The van der Waals surface area contributed by atoms with Crippen LogP contribution < -0.4 is 0 Å². The molecule has 4 nitrogen and oxygen atoms in total. The van der Waals surface area contributed by atoms with Crippen LogP contribution in [0.15, 0.2) is 83.3 Å². The van der Waals surface area contributed by atoms with E-state index >= 15 is 0 Å². The Morgan fingerprint density at radius 2 is 1.03 bits per heavy atom. The summed E-state index contributed by atoms with van der Waals surface area (Å²) in [7, 11) is 0. The van der Waals surface area contributed by atoms with Crippen molar-refractivity contribution in [3.05, 3.63) is 95.6 Å². The number of benzene rings is 1. The van der Waals surface area contributed by atoms with Crippen molar-refractivity contribution in [1.82, 2.24) is 9.97 Å². The molecule has 2 saturated carbocycles. The Balaban J connectivity index is 1.40. The van der Waals surface area contributed by atoms with Gasteiger partial charge in [0.15, 0.2) is 0 Å². The number of rotatable bonds is 2. The van der Waals surface area contributed by atoms with Crippen LogP contribution in [0.25, 0.3) is 0 Å². The monoisotopic (exact) mass is 376 g/mol. The third-order valence-electron chi connectivity index (χ3n) is 7.63. The van der Waals surface area contributed by atoms with Crippen LogP contribution >= 0.6 is 0 Å². The first-order valence-corrected chi connectivity index (χ1v) is 10.5. The molecule has 3 aliphatic carbocycles. The van der Waals surface area contributed by atoms with Gasteiger partial charge in [0, 0.05) is 24.2 Å². The minimum atomic E-state index is 0.374. The van der Waals surface area contributed by atoms with E-state index in [1.807, 2.05) is 36.7 Å². The molecule has 0 spiro atoms. The van der Waals surface area contributed by atoms with Gasteiger partial charge in [-0.1, -0.05) is 36.4 Å². The van der Waals surface area contributed by atoms with Gasteiger partial charge in [-0.25, -0.2) is 0 Å². The van der Waals surface area contributed by atoms with Crippen molar-refractivity contribution in [2.45, 2.75) is 18.3 Å². The predicted octanol–water partition coefficient (Wildman–Crippen LogP) is 4.45. The fourth-order valence-corrected chi connectivity index (χ4v) is 6.74. The highest BCUT2D eigenvalue weighted by Gasteiger charge is 2.66. The van der Waals surface area contributed by atoms with Crippen LogP contribution in [0.3, 0.4) is 0 Å². The van der Waals surface area contributed by atoms with E-state index in [-0.39, 0.29) is 0 Å². The number of nitrogens with zero attached hydrogens (tertiary/aromatic N) is 4. The quantitative estimate of drug-likeness (QED) is 0.621. The Hall–Kier alpha value is -3.14. The summed E-state index contributed by atoms with van der Waals surface area (Å²) in [5, 5.41) is 9.52. The lowest BCUT2D eigenvalue weighted by molar-refractivity contribution is 0.243. The second kappa shape index (κ2) is 5.69. The molecule has 7 rings (SSSR count). The van der Waals surface area contributed by atoms with E-state index in [2.05, 4.69) is 46.4 Å². The molecule has 0 amide bonds. The van der Waals surface area contributed by atoms with Crippen LogP contribution in [0.1, 0.15) is 40.8 Å². The van der Waals surface area contributed by atoms with Gasteiger partial charge >= 0.3 is 0 Å². The first-order chi connectivity index (χ1) is 14.4. The molecule has 3 heterocycles. The Kier molecular flexibility index (Phi) is 3.09. The normalized spacial score (nSPS) is 33.1. The Bertz CT molecular complexity index is 1080. The largest absolute Gasteiger partial charge is 0.255 e. The van der Waals surface area contributed by atoms with Gasteiger partial charge in [0.05, 0.1) is 22.8 Å². The molecule has 0 saturated heterocycles. The second-order valence-corrected chi connectivity index (χ2v) is 8.70. The summed E-state index contributed by atoms with van der Waals surface area (Å²) in [6.07, 6.45) is 4.97. The fraction of sp³-hybridized carbons (Fsp3) is 0.280. The molecule has 3 aromatic rings. The van der Waals surface area contributed by atoms with Crippen LogP contribution in [0.2, 0.25) is 0 Å². The third-order valence-corrected chi connectivity index (χ3v) is 7.63. The lowest BCUT2D eigenvalue weighted by Gasteiger charge is -2.49. The lowest BCUT2D eigenvalue weighted by atomic mass is 9.54. The van der Waals surface area contributed by atoms with Gasteiger partial charge in [-0.05, 0) is 65.5 Å². The van der Waals surface area contributed by atoms with Crippen molar-refractivity contribution in [2.75, 3.05) is 0 Å². The summed E-state index contributed by atoms with van der Waals surface area (Å²) in [4.78, 5) is 9.27. The molecule has 0 radical (unpaired) electrons. The van der Waals surface area contributed by atoms with Crippen molar-refractivity contribution in [3.8, 4) is 0 Å². The average molecular weight is 376 g/mol. The molecule has 4 aliphatic rings.